The van der Waals surface area contributed by atoms with Gasteiger partial charge in [-0.05, 0) is 35.4 Å². The molecule has 4 aromatic heterocycles. The molecule has 0 radical (unpaired) electrons. The Kier molecular flexibility index (Phi) is 3.90. The summed E-state index contributed by atoms with van der Waals surface area (Å²) in [7, 11) is 0. The van der Waals surface area contributed by atoms with Crippen LogP contribution in [0.2, 0.25) is 0 Å². The molecule has 7 rings (SSSR count). The summed E-state index contributed by atoms with van der Waals surface area (Å²) in [6.45, 7) is 4.66. The van der Waals surface area contributed by atoms with Crippen LogP contribution in [0.1, 0.15) is 25.0 Å². The van der Waals surface area contributed by atoms with Crippen molar-refractivity contribution in [1.29, 1.82) is 0 Å². The van der Waals surface area contributed by atoms with Gasteiger partial charge in [0.05, 0.1) is 22.1 Å². The highest BCUT2D eigenvalue weighted by atomic mass is 32.1. The quantitative estimate of drug-likeness (QED) is 0.270. The largest absolute Gasteiger partial charge is 0.253 e. The molecule has 0 aliphatic heterocycles. The second-order valence-electron chi connectivity index (χ2n) is 8.79. The number of hydrogen-bond acceptors (Lipinski definition) is 6. The fourth-order valence-electron chi connectivity index (χ4n) is 4.84. The molecule has 0 unspecified atom stereocenters. The first-order chi connectivity index (χ1) is 16.1. The molecule has 33 heavy (non-hydrogen) atoms. The summed E-state index contributed by atoms with van der Waals surface area (Å²) in [4.78, 5) is 23.5. The molecule has 0 atom stereocenters. The van der Waals surface area contributed by atoms with E-state index in [1.165, 1.54) is 30.6 Å². The summed E-state index contributed by atoms with van der Waals surface area (Å²) < 4.78 is 0. The second kappa shape index (κ2) is 6.76. The van der Waals surface area contributed by atoms with Gasteiger partial charge in [-0.1, -0.05) is 38.1 Å². The molecule has 0 saturated heterocycles. The van der Waals surface area contributed by atoms with Crippen LogP contribution in [0.25, 0.3) is 52.7 Å². The minimum Gasteiger partial charge on any atom is -0.253 e. The maximum Gasteiger partial charge on any atom is 0.0973 e. The van der Waals surface area contributed by atoms with Crippen LogP contribution in [0.15, 0.2) is 73.3 Å². The lowest BCUT2D eigenvalue weighted by Crippen LogP contribution is -2.13. The van der Waals surface area contributed by atoms with Crippen LogP contribution < -0.4 is 0 Å². The van der Waals surface area contributed by atoms with Gasteiger partial charge in [-0.3, -0.25) is 19.9 Å². The lowest BCUT2D eigenvalue weighted by atomic mass is 9.83. The van der Waals surface area contributed by atoms with Crippen LogP contribution in [0.4, 0.5) is 0 Å². The van der Waals surface area contributed by atoms with Gasteiger partial charge in [0.15, 0.2) is 0 Å². The van der Waals surface area contributed by atoms with E-state index in [1.54, 1.807) is 24.8 Å². The van der Waals surface area contributed by atoms with Gasteiger partial charge in [0.25, 0.3) is 0 Å². The van der Waals surface area contributed by atoms with Crippen molar-refractivity contribution in [2.75, 3.05) is 0 Å². The fourth-order valence-corrected chi connectivity index (χ4v) is 7.69. The third-order valence-electron chi connectivity index (χ3n) is 6.55. The van der Waals surface area contributed by atoms with E-state index >= 15 is 0 Å². The van der Waals surface area contributed by atoms with E-state index < -0.39 is 0 Å². The maximum atomic E-state index is 4.63. The van der Waals surface area contributed by atoms with Gasteiger partial charge in [0.2, 0.25) is 0 Å². The normalized spacial score (nSPS) is 14.0. The number of thiophene rings is 2. The van der Waals surface area contributed by atoms with Crippen molar-refractivity contribution in [3.63, 3.8) is 0 Å². The molecule has 6 aromatic rings. The lowest BCUT2D eigenvalue weighted by Gasteiger charge is -2.19. The van der Waals surface area contributed by atoms with E-state index in [1.807, 2.05) is 34.8 Å². The van der Waals surface area contributed by atoms with E-state index in [-0.39, 0.29) is 5.41 Å². The number of para-hydroxylation sites is 2. The van der Waals surface area contributed by atoms with Crippen LogP contribution in [0, 0.1) is 0 Å². The number of benzene rings is 2. The Morgan fingerprint density at radius 3 is 1.55 bits per heavy atom. The van der Waals surface area contributed by atoms with Crippen molar-refractivity contribution in [3.8, 4) is 30.6 Å². The molecule has 1 aliphatic carbocycles. The molecule has 2 aromatic carbocycles. The van der Waals surface area contributed by atoms with Gasteiger partial charge in [-0.25, -0.2) is 0 Å². The van der Waals surface area contributed by atoms with Crippen molar-refractivity contribution in [2.45, 2.75) is 19.3 Å². The van der Waals surface area contributed by atoms with Crippen molar-refractivity contribution < 1.29 is 0 Å². The molecule has 0 spiro atoms. The fraction of sp³-hybridized carbons (Fsp3) is 0.111. The summed E-state index contributed by atoms with van der Waals surface area (Å²) in [5.74, 6) is 0. The first-order valence-corrected chi connectivity index (χ1v) is 12.4. The highest BCUT2D eigenvalue weighted by Gasteiger charge is 2.39. The first-order valence-electron chi connectivity index (χ1n) is 10.8. The Bertz CT molecular complexity index is 1570. The van der Waals surface area contributed by atoms with E-state index in [0.29, 0.717) is 0 Å². The molecule has 1 aliphatic rings. The Morgan fingerprint density at radius 2 is 1.06 bits per heavy atom. The standard InChI is InChI=1S/C27H18N4S2/c1-27(2)17-13-21(15-5-3-7-19-23(15)30-11-9-28-19)32-25(17)26-18(27)14-22(33-26)16-6-4-8-20-24(16)31-12-10-29-20/h3-14H,1-2H3. The molecule has 0 bridgehead atoms. The van der Waals surface area contributed by atoms with Gasteiger partial charge in [-0.15, -0.1) is 22.7 Å². The molecule has 158 valence electrons. The van der Waals surface area contributed by atoms with Crippen LogP contribution in [-0.4, -0.2) is 19.9 Å². The molecule has 4 nitrogen and oxygen atoms in total. The minimum absolute atomic E-state index is 0.0549. The molecular formula is C27H18N4S2. The Hall–Kier alpha value is -3.48. The van der Waals surface area contributed by atoms with E-state index in [4.69, 9.17) is 0 Å². The van der Waals surface area contributed by atoms with Crippen LogP contribution in [0.3, 0.4) is 0 Å². The zero-order chi connectivity index (χ0) is 22.2. The predicted octanol–water partition coefficient (Wildman–Crippen LogP) is 7.34. The lowest BCUT2D eigenvalue weighted by molar-refractivity contribution is 0.663. The van der Waals surface area contributed by atoms with Crippen molar-refractivity contribution in [1.82, 2.24) is 19.9 Å². The number of hydrogen-bond donors (Lipinski definition) is 0. The number of rotatable bonds is 2. The monoisotopic (exact) mass is 462 g/mol. The molecule has 0 saturated carbocycles. The first kappa shape index (κ1) is 19.0. The number of fused-ring (bicyclic) bond motifs is 5. The summed E-state index contributed by atoms with van der Waals surface area (Å²) in [6.07, 6.45) is 7.04. The van der Waals surface area contributed by atoms with Gasteiger partial charge < -0.3 is 0 Å². The van der Waals surface area contributed by atoms with E-state index in [0.717, 1.165) is 33.2 Å². The zero-order valence-corrected chi connectivity index (χ0v) is 19.7. The van der Waals surface area contributed by atoms with E-state index in [2.05, 4.69) is 70.2 Å². The molecule has 0 amide bonds. The van der Waals surface area contributed by atoms with Crippen molar-refractivity contribution in [3.05, 3.63) is 84.4 Å². The third-order valence-corrected chi connectivity index (χ3v) is 9.05. The van der Waals surface area contributed by atoms with Gasteiger partial charge in [0.1, 0.15) is 0 Å². The van der Waals surface area contributed by atoms with Crippen LogP contribution >= 0.6 is 22.7 Å². The maximum absolute atomic E-state index is 4.63. The van der Waals surface area contributed by atoms with Crippen molar-refractivity contribution in [2.24, 2.45) is 0 Å². The summed E-state index contributed by atoms with van der Waals surface area (Å²) >= 11 is 3.72. The summed E-state index contributed by atoms with van der Waals surface area (Å²) in [5, 5.41) is 0. The SMILES string of the molecule is CC1(C)c2cc(-c3cccc4nccnc34)sc2-c2sc(-c3cccc4nccnc34)cc21. The Morgan fingerprint density at radius 1 is 0.606 bits per heavy atom. The number of aromatic nitrogens is 4. The average Bonchev–Trinajstić information content (AvgIpc) is 3.52. The average molecular weight is 463 g/mol. The predicted molar refractivity (Wildman–Crippen MR) is 137 cm³/mol. The van der Waals surface area contributed by atoms with Crippen LogP contribution in [0.5, 0.6) is 0 Å². The summed E-state index contributed by atoms with van der Waals surface area (Å²) in [6, 6.07) is 17.2. The molecule has 0 N–H and O–H groups in total. The van der Waals surface area contributed by atoms with E-state index in [9.17, 15) is 0 Å². The van der Waals surface area contributed by atoms with Gasteiger partial charge >= 0.3 is 0 Å². The topological polar surface area (TPSA) is 51.6 Å². The highest BCUT2D eigenvalue weighted by molar-refractivity contribution is 7.26. The third kappa shape index (κ3) is 2.68. The molecular weight excluding hydrogens is 444 g/mol. The zero-order valence-electron chi connectivity index (χ0n) is 18.0. The summed E-state index contributed by atoms with van der Waals surface area (Å²) in [5.41, 5.74) is 8.82. The Balaban J connectivity index is 1.41. The molecule has 6 heteroatoms. The van der Waals surface area contributed by atoms with Crippen molar-refractivity contribution >= 4 is 44.7 Å². The van der Waals surface area contributed by atoms with Gasteiger partial charge in [-0.2, -0.15) is 0 Å². The highest BCUT2D eigenvalue weighted by Crippen LogP contribution is 2.58. The van der Waals surface area contributed by atoms with Crippen LogP contribution in [-0.2, 0) is 5.41 Å². The Labute approximate surface area is 198 Å². The minimum atomic E-state index is -0.0549. The number of nitrogens with zero attached hydrogens (tertiary/aromatic N) is 4. The molecule has 0 fully saturated rings. The molecule has 4 heterocycles. The van der Waals surface area contributed by atoms with Gasteiger partial charge in [0, 0.05) is 60.8 Å². The second-order valence-corrected chi connectivity index (χ2v) is 10.9. The smallest absolute Gasteiger partial charge is 0.0973 e.